The van der Waals surface area contributed by atoms with Crippen LogP contribution >= 0.6 is 0 Å². The topological polar surface area (TPSA) is 44.4 Å². The summed E-state index contributed by atoms with van der Waals surface area (Å²) in [5, 5.41) is 6.53. The van der Waals surface area contributed by atoms with E-state index in [1.807, 2.05) is 0 Å². The van der Waals surface area contributed by atoms with Gasteiger partial charge in [0.05, 0.1) is 0 Å². The van der Waals surface area contributed by atoms with Gasteiger partial charge in [0.25, 0.3) is 0 Å². The standard InChI is InChI=1S/C16H33N3O/c1-5-6-11-19-12-8-14(9-13-19)18-15(20)7-10-17-16(2,3)4/h14,17H,5-13H2,1-4H3,(H,18,20). The highest BCUT2D eigenvalue weighted by molar-refractivity contribution is 5.76. The molecule has 1 amide bonds. The van der Waals surface area contributed by atoms with Crippen molar-refractivity contribution in [3.63, 3.8) is 0 Å². The van der Waals surface area contributed by atoms with Crippen molar-refractivity contribution in [3.8, 4) is 0 Å². The molecule has 0 saturated carbocycles. The van der Waals surface area contributed by atoms with Crippen molar-refractivity contribution in [2.24, 2.45) is 0 Å². The van der Waals surface area contributed by atoms with E-state index in [4.69, 9.17) is 0 Å². The van der Waals surface area contributed by atoms with Crippen molar-refractivity contribution in [3.05, 3.63) is 0 Å². The summed E-state index contributed by atoms with van der Waals surface area (Å²) in [6.07, 6.45) is 5.32. The Kier molecular flexibility index (Phi) is 7.52. The molecule has 1 rings (SSSR count). The first-order valence-electron chi connectivity index (χ1n) is 8.17. The fraction of sp³-hybridized carbons (Fsp3) is 0.938. The first-order chi connectivity index (χ1) is 9.40. The van der Waals surface area contributed by atoms with Crippen LogP contribution in [0.25, 0.3) is 0 Å². The van der Waals surface area contributed by atoms with Gasteiger partial charge in [0.1, 0.15) is 0 Å². The lowest BCUT2D eigenvalue weighted by molar-refractivity contribution is -0.122. The number of hydrogen-bond acceptors (Lipinski definition) is 3. The minimum Gasteiger partial charge on any atom is -0.353 e. The van der Waals surface area contributed by atoms with Crippen LogP contribution in [0.15, 0.2) is 0 Å². The summed E-state index contributed by atoms with van der Waals surface area (Å²) in [6, 6.07) is 0.384. The van der Waals surface area contributed by atoms with Crippen LogP contribution in [0, 0.1) is 0 Å². The third kappa shape index (κ3) is 7.85. The molecule has 1 heterocycles. The number of unbranched alkanes of at least 4 members (excludes halogenated alkanes) is 1. The van der Waals surface area contributed by atoms with Crippen LogP contribution in [0.1, 0.15) is 59.8 Å². The second kappa shape index (κ2) is 8.63. The van der Waals surface area contributed by atoms with E-state index in [0.717, 1.165) is 32.5 Å². The van der Waals surface area contributed by atoms with Crippen LogP contribution in [0.3, 0.4) is 0 Å². The maximum Gasteiger partial charge on any atom is 0.221 e. The fourth-order valence-corrected chi connectivity index (χ4v) is 2.53. The van der Waals surface area contributed by atoms with Crippen LogP contribution in [0.4, 0.5) is 0 Å². The van der Waals surface area contributed by atoms with Gasteiger partial charge in [0.15, 0.2) is 0 Å². The Morgan fingerprint density at radius 1 is 1.25 bits per heavy atom. The molecule has 1 aliphatic rings. The lowest BCUT2D eigenvalue weighted by Gasteiger charge is -2.32. The second-order valence-corrected chi connectivity index (χ2v) is 6.96. The summed E-state index contributed by atoms with van der Waals surface area (Å²) in [6.45, 7) is 12.8. The van der Waals surface area contributed by atoms with Crippen LogP contribution in [-0.2, 0) is 4.79 Å². The van der Waals surface area contributed by atoms with Crippen molar-refractivity contribution in [2.75, 3.05) is 26.2 Å². The number of carbonyl (C=O) groups excluding carboxylic acids is 1. The molecule has 0 aromatic rings. The number of hydrogen-bond donors (Lipinski definition) is 2. The first-order valence-corrected chi connectivity index (χ1v) is 8.17. The highest BCUT2D eigenvalue weighted by Gasteiger charge is 2.20. The number of rotatable bonds is 7. The van der Waals surface area contributed by atoms with Crippen molar-refractivity contribution in [1.29, 1.82) is 0 Å². The van der Waals surface area contributed by atoms with E-state index < -0.39 is 0 Å². The van der Waals surface area contributed by atoms with Crippen LogP contribution < -0.4 is 10.6 Å². The zero-order valence-electron chi connectivity index (χ0n) is 13.8. The summed E-state index contributed by atoms with van der Waals surface area (Å²) in [5.41, 5.74) is 0.0882. The van der Waals surface area contributed by atoms with E-state index in [2.05, 4.69) is 43.2 Å². The molecule has 4 nitrogen and oxygen atoms in total. The highest BCUT2D eigenvalue weighted by Crippen LogP contribution is 2.11. The third-order valence-corrected chi connectivity index (χ3v) is 3.79. The summed E-state index contributed by atoms with van der Waals surface area (Å²) >= 11 is 0. The van der Waals surface area contributed by atoms with E-state index in [1.54, 1.807) is 0 Å². The molecule has 20 heavy (non-hydrogen) atoms. The van der Waals surface area contributed by atoms with Gasteiger partial charge in [-0.1, -0.05) is 13.3 Å². The molecular weight excluding hydrogens is 250 g/mol. The molecule has 2 N–H and O–H groups in total. The number of likely N-dealkylation sites (tertiary alicyclic amines) is 1. The van der Waals surface area contributed by atoms with E-state index in [1.165, 1.54) is 19.4 Å². The summed E-state index contributed by atoms with van der Waals surface area (Å²) in [4.78, 5) is 14.4. The largest absolute Gasteiger partial charge is 0.353 e. The fourth-order valence-electron chi connectivity index (χ4n) is 2.53. The van der Waals surface area contributed by atoms with Gasteiger partial charge in [-0.2, -0.15) is 0 Å². The number of amides is 1. The lowest BCUT2D eigenvalue weighted by Crippen LogP contribution is -2.46. The minimum absolute atomic E-state index is 0.0882. The Bertz CT molecular complexity index is 278. The van der Waals surface area contributed by atoms with E-state index >= 15 is 0 Å². The number of nitrogens with zero attached hydrogens (tertiary/aromatic N) is 1. The number of carbonyl (C=O) groups is 1. The molecule has 1 fully saturated rings. The van der Waals surface area contributed by atoms with Crippen molar-refractivity contribution in [1.82, 2.24) is 15.5 Å². The SMILES string of the molecule is CCCCN1CCC(NC(=O)CCNC(C)(C)C)CC1. The molecule has 0 radical (unpaired) electrons. The van der Waals surface area contributed by atoms with Gasteiger partial charge in [-0.15, -0.1) is 0 Å². The number of nitrogens with one attached hydrogen (secondary N) is 2. The lowest BCUT2D eigenvalue weighted by atomic mass is 10.0. The van der Waals surface area contributed by atoms with Gasteiger partial charge >= 0.3 is 0 Å². The molecular formula is C16H33N3O. The molecule has 0 aliphatic carbocycles. The van der Waals surface area contributed by atoms with Crippen molar-refractivity contribution in [2.45, 2.75) is 71.4 Å². The molecule has 0 spiro atoms. The van der Waals surface area contributed by atoms with E-state index in [0.29, 0.717) is 12.5 Å². The Morgan fingerprint density at radius 2 is 1.90 bits per heavy atom. The predicted molar refractivity (Wildman–Crippen MR) is 84.9 cm³/mol. The predicted octanol–water partition coefficient (Wildman–Crippen LogP) is 2.15. The maximum absolute atomic E-state index is 11.9. The van der Waals surface area contributed by atoms with E-state index in [-0.39, 0.29) is 11.4 Å². The average molecular weight is 283 g/mol. The zero-order chi connectivity index (χ0) is 15.0. The molecule has 0 bridgehead atoms. The summed E-state index contributed by atoms with van der Waals surface area (Å²) in [5.74, 6) is 0.189. The monoisotopic (exact) mass is 283 g/mol. The molecule has 1 aliphatic heterocycles. The van der Waals surface area contributed by atoms with Gasteiger partial charge in [-0.05, 0) is 46.6 Å². The summed E-state index contributed by atoms with van der Waals surface area (Å²) < 4.78 is 0. The van der Waals surface area contributed by atoms with Crippen LogP contribution in [-0.4, -0.2) is 48.6 Å². The van der Waals surface area contributed by atoms with Crippen molar-refractivity contribution < 1.29 is 4.79 Å². The minimum atomic E-state index is 0.0882. The maximum atomic E-state index is 11.9. The van der Waals surface area contributed by atoms with E-state index in [9.17, 15) is 4.79 Å². The second-order valence-electron chi connectivity index (χ2n) is 6.96. The molecule has 118 valence electrons. The Morgan fingerprint density at radius 3 is 2.45 bits per heavy atom. The molecule has 0 unspecified atom stereocenters. The Balaban J connectivity index is 2.12. The average Bonchev–Trinajstić information content (AvgIpc) is 2.36. The normalized spacial score (nSPS) is 18.2. The smallest absolute Gasteiger partial charge is 0.221 e. The molecule has 4 heteroatoms. The quantitative estimate of drug-likeness (QED) is 0.752. The van der Waals surface area contributed by atoms with Gasteiger partial charge in [-0.3, -0.25) is 4.79 Å². The van der Waals surface area contributed by atoms with Gasteiger partial charge in [-0.25, -0.2) is 0 Å². The molecule has 0 aromatic heterocycles. The molecule has 0 aromatic carbocycles. The molecule has 1 saturated heterocycles. The Labute approximate surface area is 124 Å². The van der Waals surface area contributed by atoms with Gasteiger partial charge in [0.2, 0.25) is 5.91 Å². The Hall–Kier alpha value is -0.610. The van der Waals surface area contributed by atoms with Crippen LogP contribution in [0.5, 0.6) is 0 Å². The van der Waals surface area contributed by atoms with Crippen LogP contribution in [0.2, 0.25) is 0 Å². The van der Waals surface area contributed by atoms with Crippen molar-refractivity contribution >= 4 is 5.91 Å². The molecule has 0 atom stereocenters. The number of piperidine rings is 1. The van der Waals surface area contributed by atoms with Gasteiger partial charge < -0.3 is 15.5 Å². The first kappa shape index (κ1) is 17.4. The zero-order valence-corrected chi connectivity index (χ0v) is 13.8. The van der Waals surface area contributed by atoms with Gasteiger partial charge in [0, 0.05) is 37.6 Å². The summed E-state index contributed by atoms with van der Waals surface area (Å²) in [7, 11) is 0. The third-order valence-electron chi connectivity index (χ3n) is 3.79. The highest BCUT2D eigenvalue weighted by atomic mass is 16.1.